The standard InChI is InChI=1S/C18H21ClN2O4S/c1-11-6-7-13(26(23,24)21(3)4)9-14(11)18(22)20-16-8-12(2)15(19)10-17(16)25-5/h6-10H,1-5H3,(H,20,22). The fourth-order valence-electron chi connectivity index (χ4n) is 2.34. The van der Waals surface area contributed by atoms with Gasteiger partial charge in [-0.3, -0.25) is 4.79 Å². The number of carbonyl (C=O) groups excluding carboxylic acids is 1. The second-order valence-corrected chi connectivity index (χ2v) is 8.58. The molecule has 1 N–H and O–H groups in total. The van der Waals surface area contributed by atoms with Gasteiger partial charge < -0.3 is 10.1 Å². The predicted molar refractivity (Wildman–Crippen MR) is 103 cm³/mol. The molecule has 6 nitrogen and oxygen atoms in total. The molecular formula is C18H21ClN2O4S. The zero-order chi connectivity index (χ0) is 19.6. The number of sulfonamides is 1. The molecule has 0 fully saturated rings. The summed E-state index contributed by atoms with van der Waals surface area (Å²) < 4.78 is 31.0. The summed E-state index contributed by atoms with van der Waals surface area (Å²) in [6.07, 6.45) is 0. The van der Waals surface area contributed by atoms with Crippen LogP contribution >= 0.6 is 11.6 Å². The minimum absolute atomic E-state index is 0.0532. The molecule has 1 amide bonds. The van der Waals surface area contributed by atoms with Gasteiger partial charge >= 0.3 is 0 Å². The van der Waals surface area contributed by atoms with Crippen molar-refractivity contribution in [2.45, 2.75) is 18.7 Å². The summed E-state index contributed by atoms with van der Waals surface area (Å²) >= 11 is 6.08. The first-order valence-corrected chi connectivity index (χ1v) is 9.58. The Bertz CT molecular complexity index is 956. The number of hydrogen-bond acceptors (Lipinski definition) is 4. The second-order valence-electron chi connectivity index (χ2n) is 6.02. The fourth-order valence-corrected chi connectivity index (χ4v) is 3.42. The van der Waals surface area contributed by atoms with Crippen LogP contribution in [0.3, 0.4) is 0 Å². The van der Waals surface area contributed by atoms with Crippen LogP contribution in [0.2, 0.25) is 5.02 Å². The number of hydrogen-bond donors (Lipinski definition) is 1. The summed E-state index contributed by atoms with van der Waals surface area (Å²) in [6.45, 7) is 3.55. The number of nitrogens with one attached hydrogen (secondary N) is 1. The fraction of sp³-hybridized carbons (Fsp3) is 0.278. The highest BCUT2D eigenvalue weighted by molar-refractivity contribution is 7.89. The molecule has 2 rings (SSSR count). The average molecular weight is 397 g/mol. The largest absolute Gasteiger partial charge is 0.495 e. The number of nitrogens with zero attached hydrogens (tertiary/aromatic N) is 1. The summed E-state index contributed by atoms with van der Waals surface area (Å²) in [6, 6.07) is 7.78. The number of rotatable bonds is 5. The van der Waals surface area contributed by atoms with Crippen molar-refractivity contribution in [1.82, 2.24) is 4.31 Å². The van der Waals surface area contributed by atoms with Crippen LogP contribution in [-0.2, 0) is 10.0 Å². The van der Waals surface area contributed by atoms with Crippen molar-refractivity contribution in [2.24, 2.45) is 0 Å². The minimum atomic E-state index is -3.64. The van der Waals surface area contributed by atoms with Crippen LogP contribution in [-0.4, -0.2) is 39.8 Å². The molecule has 0 heterocycles. The van der Waals surface area contributed by atoms with Crippen LogP contribution in [0.4, 0.5) is 5.69 Å². The summed E-state index contributed by atoms with van der Waals surface area (Å²) in [4.78, 5) is 12.8. The van der Waals surface area contributed by atoms with Gasteiger partial charge in [0.2, 0.25) is 10.0 Å². The maximum atomic E-state index is 12.7. The van der Waals surface area contributed by atoms with Crippen molar-refractivity contribution >= 4 is 33.2 Å². The Hall–Kier alpha value is -2.09. The van der Waals surface area contributed by atoms with E-state index in [9.17, 15) is 13.2 Å². The normalized spacial score (nSPS) is 11.5. The van der Waals surface area contributed by atoms with E-state index in [0.29, 0.717) is 22.0 Å². The number of aryl methyl sites for hydroxylation is 2. The molecule has 0 aliphatic carbocycles. The van der Waals surface area contributed by atoms with Crippen molar-refractivity contribution in [3.8, 4) is 5.75 Å². The Morgan fingerprint density at radius 1 is 1.12 bits per heavy atom. The van der Waals surface area contributed by atoms with Crippen molar-refractivity contribution in [1.29, 1.82) is 0 Å². The SMILES string of the molecule is COc1cc(Cl)c(C)cc1NC(=O)c1cc(S(=O)(=O)N(C)C)ccc1C. The molecule has 2 aromatic rings. The number of ether oxygens (including phenoxy) is 1. The molecule has 0 saturated heterocycles. The van der Waals surface area contributed by atoms with E-state index in [1.54, 1.807) is 25.1 Å². The zero-order valence-electron chi connectivity index (χ0n) is 15.3. The number of methoxy groups -OCH3 is 1. The van der Waals surface area contributed by atoms with E-state index < -0.39 is 15.9 Å². The quantitative estimate of drug-likeness (QED) is 0.839. The third-order valence-corrected chi connectivity index (χ3v) is 6.18. The number of carbonyl (C=O) groups is 1. The lowest BCUT2D eigenvalue weighted by molar-refractivity contribution is 0.102. The van der Waals surface area contributed by atoms with E-state index in [0.717, 1.165) is 9.87 Å². The lowest BCUT2D eigenvalue weighted by atomic mass is 10.1. The van der Waals surface area contributed by atoms with E-state index in [1.807, 2.05) is 6.92 Å². The van der Waals surface area contributed by atoms with Gasteiger partial charge in [0.15, 0.2) is 0 Å². The molecule has 0 aromatic heterocycles. The first-order chi connectivity index (χ1) is 12.1. The van der Waals surface area contributed by atoms with E-state index in [2.05, 4.69) is 5.32 Å². The predicted octanol–water partition coefficient (Wildman–Crippen LogP) is 3.47. The second kappa shape index (κ2) is 7.65. The molecule has 0 atom stereocenters. The number of amides is 1. The molecule has 0 spiro atoms. The molecule has 26 heavy (non-hydrogen) atoms. The Morgan fingerprint density at radius 2 is 1.77 bits per heavy atom. The Morgan fingerprint density at radius 3 is 2.35 bits per heavy atom. The summed E-state index contributed by atoms with van der Waals surface area (Å²) in [5, 5.41) is 3.29. The number of halogens is 1. The van der Waals surface area contributed by atoms with E-state index >= 15 is 0 Å². The average Bonchev–Trinajstić information content (AvgIpc) is 2.57. The highest BCUT2D eigenvalue weighted by Crippen LogP contribution is 2.31. The van der Waals surface area contributed by atoms with Gasteiger partial charge in [0.25, 0.3) is 5.91 Å². The van der Waals surface area contributed by atoms with Gasteiger partial charge in [-0.1, -0.05) is 17.7 Å². The lowest BCUT2D eigenvalue weighted by Gasteiger charge is -2.15. The molecule has 140 valence electrons. The zero-order valence-corrected chi connectivity index (χ0v) is 16.8. The topological polar surface area (TPSA) is 75.7 Å². The minimum Gasteiger partial charge on any atom is -0.495 e. The van der Waals surface area contributed by atoms with Crippen molar-refractivity contribution in [2.75, 3.05) is 26.5 Å². The highest BCUT2D eigenvalue weighted by atomic mass is 35.5. The molecule has 0 saturated carbocycles. The highest BCUT2D eigenvalue weighted by Gasteiger charge is 2.21. The van der Waals surface area contributed by atoms with Gasteiger partial charge in [0.05, 0.1) is 17.7 Å². The maximum Gasteiger partial charge on any atom is 0.256 e. The number of anilines is 1. The van der Waals surface area contributed by atoms with Gasteiger partial charge in [-0.25, -0.2) is 12.7 Å². The van der Waals surface area contributed by atoms with E-state index in [1.165, 1.54) is 33.3 Å². The molecule has 0 aliphatic heterocycles. The van der Waals surface area contributed by atoms with Crippen molar-refractivity contribution in [3.63, 3.8) is 0 Å². The Labute approximate surface area is 158 Å². The third-order valence-electron chi connectivity index (χ3n) is 3.96. The van der Waals surface area contributed by atoms with Crippen LogP contribution in [0, 0.1) is 13.8 Å². The molecule has 0 bridgehead atoms. The first-order valence-electron chi connectivity index (χ1n) is 7.76. The van der Waals surface area contributed by atoms with Crippen LogP contribution in [0.25, 0.3) is 0 Å². The lowest BCUT2D eigenvalue weighted by Crippen LogP contribution is -2.23. The first kappa shape index (κ1) is 20.2. The Balaban J connectivity index is 2.44. The van der Waals surface area contributed by atoms with Gasteiger partial charge in [-0.15, -0.1) is 0 Å². The summed E-state index contributed by atoms with van der Waals surface area (Å²) in [7, 11) is 0.723. The third kappa shape index (κ3) is 4.00. The number of benzene rings is 2. The Kier molecular flexibility index (Phi) is 5.95. The maximum absolute atomic E-state index is 12.7. The van der Waals surface area contributed by atoms with E-state index in [-0.39, 0.29) is 10.5 Å². The van der Waals surface area contributed by atoms with Crippen LogP contribution in [0.15, 0.2) is 35.2 Å². The molecule has 8 heteroatoms. The van der Waals surface area contributed by atoms with Crippen molar-refractivity contribution in [3.05, 3.63) is 52.0 Å². The van der Waals surface area contributed by atoms with Crippen LogP contribution in [0.1, 0.15) is 21.5 Å². The molecule has 2 aromatic carbocycles. The van der Waals surface area contributed by atoms with E-state index in [4.69, 9.17) is 16.3 Å². The van der Waals surface area contributed by atoms with Gasteiger partial charge in [0, 0.05) is 30.7 Å². The van der Waals surface area contributed by atoms with Crippen molar-refractivity contribution < 1.29 is 17.9 Å². The molecule has 0 unspecified atom stereocenters. The summed E-state index contributed by atoms with van der Waals surface area (Å²) in [5.41, 5.74) is 2.16. The summed E-state index contributed by atoms with van der Waals surface area (Å²) in [5.74, 6) is -0.0120. The smallest absolute Gasteiger partial charge is 0.256 e. The van der Waals surface area contributed by atoms with Gasteiger partial charge in [-0.2, -0.15) is 0 Å². The van der Waals surface area contributed by atoms with Gasteiger partial charge in [0.1, 0.15) is 5.75 Å². The van der Waals surface area contributed by atoms with Gasteiger partial charge in [-0.05, 0) is 43.2 Å². The van der Waals surface area contributed by atoms with Crippen LogP contribution < -0.4 is 10.1 Å². The molecular weight excluding hydrogens is 376 g/mol. The molecule has 0 radical (unpaired) electrons. The monoisotopic (exact) mass is 396 g/mol. The molecule has 0 aliphatic rings. The van der Waals surface area contributed by atoms with Crippen LogP contribution in [0.5, 0.6) is 5.75 Å².